The van der Waals surface area contributed by atoms with Crippen LogP contribution in [-0.2, 0) is 21.2 Å². The van der Waals surface area contributed by atoms with Crippen molar-refractivity contribution in [3.05, 3.63) is 23.8 Å². The maximum Gasteiger partial charge on any atom is 0.322 e. The standard InChI is InChI=1S/C14H17NO5S/c1-9-7-10-8-11(4-5-13(10)20-9)21(18,19)15-6-2-3-12(15)14(16)17/h4-5,8-9,12H,2-3,6-7H2,1H3,(H,16,17)/t9?,12-/m1/s1. The summed E-state index contributed by atoms with van der Waals surface area (Å²) in [6, 6.07) is 3.78. The molecule has 0 aromatic heterocycles. The third-order valence-corrected chi connectivity index (χ3v) is 5.87. The van der Waals surface area contributed by atoms with E-state index < -0.39 is 22.0 Å². The van der Waals surface area contributed by atoms with Crippen molar-refractivity contribution in [2.24, 2.45) is 0 Å². The molecular formula is C14H17NO5S. The van der Waals surface area contributed by atoms with Gasteiger partial charge >= 0.3 is 5.97 Å². The van der Waals surface area contributed by atoms with Crippen LogP contribution in [0.4, 0.5) is 0 Å². The first kappa shape index (κ1) is 14.3. The largest absolute Gasteiger partial charge is 0.490 e. The number of ether oxygens (including phenoxy) is 1. The highest BCUT2D eigenvalue weighted by Gasteiger charge is 2.39. The van der Waals surface area contributed by atoms with Crippen molar-refractivity contribution in [3.63, 3.8) is 0 Å². The molecule has 1 unspecified atom stereocenters. The minimum absolute atomic E-state index is 0.0384. The second-order valence-corrected chi connectivity index (χ2v) is 7.40. The Hall–Kier alpha value is -1.60. The van der Waals surface area contributed by atoms with Crippen LogP contribution in [0, 0.1) is 0 Å². The molecule has 1 aromatic carbocycles. The van der Waals surface area contributed by atoms with Gasteiger partial charge in [-0.25, -0.2) is 8.42 Å². The lowest BCUT2D eigenvalue weighted by Gasteiger charge is -2.21. The second kappa shape index (κ2) is 4.99. The average Bonchev–Trinajstić information content (AvgIpc) is 3.02. The molecule has 2 atom stereocenters. The first-order valence-corrected chi connectivity index (χ1v) is 8.38. The molecule has 0 bridgehead atoms. The molecule has 6 nitrogen and oxygen atoms in total. The number of benzene rings is 1. The monoisotopic (exact) mass is 311 g/mol. The number of aliphatic carboxylic acids is 1. The van der Waals surface area contributed by atoms with E-state index in [1.54, 1.807) is 12.1 Å². The molecule has 2 aliphatic rings. The number of hydrogen-bond acceptors (Lipinski definition) is 4. The number of carbonyl (C=O) groups is 1. The zero-order valence-corrected chi connectivity index (χ0v) is 12.5. The Balaban J connectivity index is 1.96. The Kier molecular flexibility index (Phi) is 3.41. The van der Waals surface area contributed by atoms with E-state index in [1.807, 2.05) is 6.92 Å². The van der Waals surface area contributed by atoms with Crippen LogP contribution in [0.1, 0.15) is 25.3 Å². The van der Waals surface area contributed by atoms with Crippen LogP contribution in [0.2, 0.25) is 0 Å². The van der Waals surface area contributed by atoms with Crippen molar-refractivity contribution in [3.8, 4) is 5.75 Å². The van der Waals surface area contributed by atoms with Gasteiger partial charge in [-0.1, -0.05) is 0 Å². The summed E-state index contributed by atoms with van der Waals surface area (Å²) in [4.78, 5) is 11.3. The molecule has 1 fully saturated rings. The van der Waals surface area contributed by atoms with Crippen molar-refractivity contribution >= 4 is 16.0 Å². The fraction of sp³-hybridized carbons (Fsp3) is 0.500. The maximum absolute atomic E-state index is 12.7. The summed E-state index contributed by atoms with van der Waals surface area (Å²) in [6.07, 6.45) is 1.64. The van der Waals surface area contributed by atoms with Gasteiger partial charge in [0.1, 0.15) is 17.9 Å². The van der Waals surface area contributed by atoms with Gasteiger partial charge in [0.2, 0.25) is 10.0 Å². The van der Waals surface area contributed by atoms with E-state index in [4.69, 9.17) is 9.84 Å². The third-order valence-electron chi connectivity index (χ3n) is 3.96. The summed E-state index contributed by atoms with van der Waals surface area (Å²) < 4.78 is 32.0. The first-order chi connectivity index (χ1) is 9.89. The van der Waals surface area contributed by atoms with Gasteiger partial charge < -0.3 is 9.84 Å². The van der Waals surface area contributed by atoms with Gasteiger partial charge in [-0.3, -0.25) is 4.79 Å². The van der Waals surface area contributed by atoms with Crippen LogP contribution >= 0.6 is 0 Å². The Morgan fingerprint density at radius 1 is 1.43 bits per heavy atom. The average molecular weight is 311 g/mol. The molecule has 1 N–H and O–H groups in total. The van der Waals surface area contributed by atoms with Gasteiger partial charge in [0.15, 0.2) is 0 Å². The van der Waals surface area contributed by atoms with Crippen LogP contribution in [0.5, 0.6) is 5.75 Å². The maximum atomic E-state index is 12.7. The molecule has 0 aliphatic carbocycles. The lowest BCUT2D eigenvalue weighted by atomic mass is 10.1. The van der Waals surface area contributed by atoms with Gasteiger partial charge in [-0.05, 0) is 43.5 Å². The minimum atomic E-state index is -3.78. The SMILES string of the molecule is CC1Cc2cc(S(=O)(=O)N3CCC[C@@H]3C(=O)O)ccc2O1. The molecule has 0 saturated carbocycles. The summed E-state index contributed by atoms with van der Waals surface area (Å²) >= 11 is 0. The zero-order valence-electron chi connectivity index (χ0n) is 11.7. The van der Waals surface area contributed by atoms with Crippen LogP contribution < -0.4 is 4.74 Å². The molecule has 7 heteroatoms. The fourth-order valence-corrected chi connectivity index (χ4v) is 4.67. The molecule has 3 rings (SSSR count). The molecule has 0 amide bonds. The number of fused-ring (bicyclic) bond motifs is 1. The quantitative estimate of drug-likeness (QED) is 0.908. The first-order valence-electron chi connectivity index (χ1n) is 6.94. The van der Waals surface area contributed by atoms with Crippen molar-refractivity contribution in [1.29, 1.82) is 0 Å². The molecular weight excluding hydrogens is 294 g/mol. The van der Waals surface area contributed by atoms with Crippen LogP contribution in [0.15, 0.2) is 23.1 Å². The van der Waals surface area contributed by atoms with Gasteiger partial charge in [0.05, 0.1) is 4.90 Å². The molecule has 2 heterocycles. The molecule has 1 aromatic rings. The fourth-order valence-electron chi connectivity index (χ4n) is 2.97. The lowest BCUT2D eigenvalue weighted by Crippen LogP contribution is -2.40. The smallest absolute Gasteiger partial charge is 0.322 e. The summed E-state index contributed by atoms with van der Waals surface area (Å²) in [7, 11) is -3.78. The molecule has 2 aliphatic heterocycles. The second-order valence-electron chi connectivity index (χ2n) is 5.51. The Bertz CT molecular complexity index is 685. The highest BCUT2D eigenvalue weighted by Crippen LogP contribution is 2.33. The van der Waals surface area contributed by atoms with Crippen LogP contribution in [0.3, 0.4) is 0 Å². The highest BCUT2D eigenvalue weighted by molar-refractivity contribution is 7.89. The van der Waals surface area contributed by atoms with E-state index >= 15 is 0 Å². The molecule has 0 radical (unpaired) electrons. The number of carboxylic acid groups (broad SMARTS) is 1. The summed E-state index contributed by atoms with van der Waals surface area (Å²) in [5.41, 5.74) is 0.856. The van der Waals surface area contributed by atoms with Crippen molar-refractivity contribution in [2.75, 3.05) is 6.54 Å². The van der Waals surface area contributed by atoms with E-state index in [9.17, 15) is 13.2 Å². The van der Waals surface area contributed by atoms with Gasteiger partial charge in [-0.15, -0.1) is 0 Å². The number of rotatable bonds is 3. The van der Waals surface area contributed by atoms with Gasteiger partial charge in [0.25, 0.3) is 0 Å². The van der Waals surface area contributed by atoms with Crippen molar-refractivity contribution in [1.82, 2.24) is 4.31 Å². The number of hydrogen-bond donors (Lipinski definition) is 1. The lowest BCUT2D eigenvalue weighted by molar-refractivity contribution is -0.140. The summed E-state index contributed by atoms with van der Waals surface area (Å²) in [5, 5.41) is 9.16. The Morgan fingerprint density at radius 3 is 2.90 bits per heavy atom. The van der Waals surface area contributed by atoms with Crippen molar-refractivity contribution < 1.29 is 23.1 Å². The predicted octanol–water partition coefficient (Wildman–Crippen LogP) is 1.25. The van der Waals surface area contributed by atoms with Crippen molar-refractivity contribution in [2.45, 2.75) is 43.2 Å². The molecule has 1 saturated heterocycles. The topological polar surface area (TPSA) is 83.9 Å². The molecule has 0 spiro atoms. The normalized spacial score (nSPS) is 25.6. The van der Waals surface area contributed by atoms with E-state index in [1.165, 1.54) is 6.07 Å². The van der Waals surface area contributed by atoms with Crippen LogP contribution in [-0.4, -0.2) is 42.5 Å². The summed E-state index contributed by atoms with van der Waals surface area (Å²) in [6.45, 7) is 2.18. The number of sulfonamides is 1. The molecule has 114 valence electrons. The minimum Gasteiger partial charge on any atom is -0.490 e. The Labute approximate surface area is 123 Å². The van der Waals surface area contributed by atoms with Crippen LogP contribution in [0.25, 0.3) is 0 Å². The third kappa shape index (κ3) is 2.40. The predicted molar refractivity (Wildman–Crippen MR) is 74.8 cm³/mol. The van der Waals surface area contributed by atoms with Gasteiger partial charge in [0, 0.05) is 13.0 Å². The van der Waals surface area contributed by atoms with E-state index in [0.717, 1.165) is 9.87 Å². The number of nitrogens with zero attached hydrogens (tertiary/aromatic N) is 1. The highest BCUT2D eigenvalue weighted by atomic mass is 32.2. The van der Waals surface area contributed by atoms with E-state index in [2.05, 4.69) is 0 Å². The van der Waals surface area contributed by atoms with E-state index in [0.29, 0.717) is 25.0 Å². The van der Waals surface area contributed by atoms with E-state index in [-0.39, 0.29) is 17.5 Å². The zero-order chi connectivity index (χ0) is 15.2. The van der Waals surface area contributed by atoms with Gasteiger partial charge in [-0.2, -0.15) is 4.31 Å². The number of carboxylic acids is 1. The Morgan fingerprint density at radius 2 is 2.19 bits per heavy atom. The molecule has 21 heavy (non-hydrogen) atoms. The summed E-state index contributed by atoms with van der Waals surface area (Å²) in [5.74, 6) is -0.383.